The van der Waals surface area contributed by atoms with Gasteiger partial charge in [0.1, 0.15) is 5.75 Å². The van der Waals surface area contributed by atoms with Crippen molar-refractivity contribution >= 4 is 38.9 Å². The third-order valence-corrected chi connectivity index (χ3v) is 7.56. The van der Waals surface area contributed by atoms with Crippen molar-refractivity contribution in [2.45, 2.75) is 24.7 Å². The third-order valence-electron chi connectivity index (χ3n) is 5.76. The lowest BCUT2D eigenvalue weighted by Gasteiger charge is -2.20. The van der Waals surface area contributed by atoms with Crippen LogP contribution in [0.5, 0.6) is 5.75 Å². The minimum atomic E-state index is -3.69. The Kier molecular flexibility index (Phi) is 7.07. The van der Waals surface area contributed by atoms with Gasteiger partial charge in [-0.15, -0.1) is 0 Å². The van der Waals surface area contributed by atoms with E-state index in [0.29, 0.717) is 30.1 Å². The van der Waals surface area contributed by atoms with E-state index in [1.165, 1.54) is 11.4 Å². The molecule has 0 unspecified atom stereocenters. The highest BCUT2D eigenvalue weighted by Crippen LogP contribution is 2.26. The van der Waals surface area contributed by atoms with Crippen molar-refractivity contribution in [3.8, 4) is 5.75 Å². The molecular formula is C26H27N3O5S. The molecule has 1 aliphatic rings. The molecule has 3 aromatic rings. The number of ether oxygens (including phenoxy) is 1. The van der Waals surface area contributed by atoms with Gasteiger partial charge in [0.05, 0.1) is 10.6 Å². The molecule has 1 saturated heterocycles. The number of carbonyl (C=O) groups excluding carboxylic acids is 2. The van der Waals surface area contributed by atoms with Gasteiger partial charge in [-0.05, 0) is 67.9 Å². The van der Waals surface area contributed by atoms with Crippen LogP contribution >= 0.6 is 0 Å². The summed E-state index contributed by atoms with van der Waals surface area (Å²) in [5.41, 5.74) is 2.78. The maximum absolute atomic E-state index is 12.9. The molecule has 0 atom stereocenters. The number of hydrogen-bond donors (Lipinski definition) is 1. The number of sulfonamides is 1. The van der Waals surface area contributed by atoms with Gasteiger partial charge in [0.25, 0.3) is 15.9 Å². The summed E-state index contributed by atoms with van der Waals surface area (Å²) in [5.74, 6) is 0.164. The fraction of sp³-hybridized carbons (Fsp3) is 0.231. The lowest BCUT2D eigenvalue weighted by Crippen LogP contribution is -2.26. The summed E-state index contributed by atoms with van der Waals surface area (Å²) in [6.45, 7) is 2.35. The van der Waals surface area contributed by atoms with Crippen LogP contribution in [0.4, 0.5) is 17.1 Å². The zero-order valence-electron chi connectivity index (χ0n) is 19.6. The Morgan fingerprint density at radius 2 is 1.77 bits per heavy atom. The Morgan fingerprint density at radius 1 is 1.06 bits per heavy atom. The number of amides is 2. The van der Waals surface area contributed by atoms with Gasteiger partial charge in [-0.3, -0.25) is 13.9 Å². The predicted molar refractivity (Wildman–Crippen MR) is 135 cm³/mol. The summed E-state index contributed by atoms with van der Waals surface area (Å²) < 4.78 is 32.5. The van der Waals surface area contributed by atoms with Gasteiger partial charge in [-0.1, -0.05) is 23.8 Å². The molecular weight excluding hydrogens is 466 g/mol. The molecule has 1 aliphatic heterocycles. The van der Waals surface area contributed by atoms with Gasteiger partial charge in [0, 0.05) is 31.4 Å². The van der Waals surface area contributed by atoms with Gasteiger partial charge in [0.2, 0.25) is 5.91 Å². The van der Waals surface area contributed by atoms with Crippen LogP contribution in [0.1, 0.15) is 18.4 Å². The van der Waals surface area contributed by atoms with Crippen LogP contribution in [0.15, 0.2) is 77.7 Å². The van der Waals surface area contributed by atoms with Gasteiger partial charge < -0.3 is 15.0 Å². The van der Waals surface area contributed by atoms with E-state index in [0.717, 1.165) is 17.7 Å². The maximum atomic E-state index is 12.9. The molecule has 4 rings (SSSR count). The summed E-state index contributed by atoms with van der Waals surface area (Å²) in [7, 11) is -2.20. The van der Waals surface area contributed by atoms with Crippen molar-refractivity contribution in [1.29, 1.82) is 0 Å². The fourth-order valence-electron chi connectivity index (χ4n) is 3.78. The summed E-state index contributed by atoms with van der Waals surface area (Å²) in [5, 5.41) is 2.77. The maximum Gasteiger partial charge on any atom is 0.264 e. The third kappa shape index (κ3) is 5.63. The Balaban J connectivity index is 1.34. The number of nitrogens with zero attached hydrogens (tertiary/aromatic N) is 2. The van der Waals surface area contributed by atoms with Gasteiger partial charge in [-0.2, -0.15) is 0 Å². The molecule has 0 aromatic heterocycles. The first kappa shape index (κ1) is 24.3. The molecule has 0 spiro atoms. The molecule has 35 heavy (non-hydrogen) atoms. The Bertz CT molecular complexity index is 1320. The van der Waals surface area contributed by atoms with Crippen LogP contribution in [0.2, 0.25) is 0 Å². The van der Waals surface area contributed by atoms with Crippen molar-refractivity contribution in [2.75, 3.05) is 34.7 Å². The molecule has 8 nitrogen and oxygen atoms in total. The highest BCUT2D eigenvalue weighted by Gasteiger charge is 2.22. The Labute approximate surface area is 205 Å². The topological polar surface area (TPSA) is 96.0 Å². The first-order valence-corrected chi connectivity index (χ1v) is 12.7. The Hall–Kier alpha value is -3.85. The second-order valence-corrected chi connectivity index (χ2v) is 10.3. The average molecular weight is 494 g/mol. The molecule has 182 valence electrons. The molecule has 1 fully saturated rings. The molecule has 3 aromatic carbocycles. The fourth-order valence-corrected chi connectivity index (χ4v) is 4.97. The highest BCUT2D eigenvalue weighted by atomic mass is 32.2. The smallest absolute Gasteiger partial charge is 0.264 e. The Morgan fingerprint density at radius 3 is 2.43 bits per heavy atom. The van der Waals surface area contributed by atoms with Crippen LogP contribution < -0.4 is 19.3 Å². The molecule has 1 N–H and O–H groups in total. The van der Waals surface area contributed by atoms with Gasteiger partial charge >= 0.3 is 0 Å². The largest absolute Gasteiger partial charge is 0.484 e. The zero-order chi connectivity index (χ0) is 25.0. The number of aryl methyl sites for hydroxylation is 1. The standard InChI is InChI=1S/C26H27N3O5S/c1-19-8-14-24(15-9-19)35(32,33)28(2)21-10-12-23(13-11-21)34-18-25(30)27-20-5-3-6-22(17-20)29-16-4-7-26(29)31/h3,5-6,8-15,17H,4,7,16,18H2,1-2H3,(H,27,30). The normalized spacial score (nSPS) is 13.5. The average Bonchev–Trinajstić information content (AvgIpc) is 3.29. The van der Waals surface area contributed by atoms with Crippen LogP contribution in [-0.4, -0.2) is 40.4 Å². The minimum Gasteiger partial charge on any atom is -0.484 e. The summed E-state index contributed by atoms with van der Waals surface area (Å²) in [6.07, 6.45) is 1.37. The lowest BCUT2D eigenvalue weighted by molar-refractivity contribution is -0.118. The van der Waals surface area contributed by atoms with Crippen molar-refractivity contribution < 1.29 is 22.7 Å². The first-order valence-electron chi connectivity index (χ1n) is 11.2. The van der Waals surface area contributed by atoms with Gasteiger partial charge in [-0.25, -0.2) is 8.42 Å². The molecule has 2 amide bonds. The van der Waals surface area contributed by atoms with E-state index in [-0.39, 0.29) is 23.3 Å². The van der Waals surface area contributed by atoms with Crippen molar-refractivity contribution in [1.82, 2.24) is 0 Å². The number of nitrogens with one attached hydrogen (secondary N) is 1. The zero-order valence-corrected chi connectivity index (χ0v) is 20.4. The first-order chi connectivity index (χ1) is 16.7. The summed E-state index contributed by atoms with van der Waals surface area (Å²) in [4.78, 5) is 26.2. The van der Waals surface area contributed by atoms with Gasteiger partial charge in [0.15, 0.2) is 6.61 Å². The second-order valence-electron chi connectivity index (χ2n) is 8.32. The monoisotopic (exact) mass is 493 g/mol. The van der Waals surface area contributed by atoms with Crippen molar-refractivity contribution in [3.05, 3.63) is 78.4 Å². The predicted octanol–water partition coefficient (Wildman–Crippen LogP) is 3.96. The van der Waals surface area contributed by atoms with Crippen LogP contribution in [-0.2, 0) is 19.6 Å². The van der Waals surface area contributed by atoms with E-state index in [2.05, 4.69) is 5.32 Å². The van der Waals surface area contributed by atoms with Crippen molar-refractivity contribution in [2.24, 2.45) is 0 Å². The number of rotatable bonds is 8. The second kappa shape index (κ2) is 10.2. The number of benzene rings is 3. The molecule has 0 bridgehead atoms. The number of carbonyl (C=O) groups is 2. The van der Waals surface area contributed by atoms with E-state index in [1.807, 2.05) is 13.0 Å². The van der Waals surface area contributed by atoms with E-state index >= 15 is 0 Å². The van der Waals surface area contributed by atoms with E-state index in [9.17, 15) is 18.0 Å². The lowest BCUT2D eigenvalue weighted by atomic mass is 10.2. The SMILES string of the molecule is Cc1ccc(S(=O)(=O)N(C)c2ccc(OCC(=O)Nc3cccc(N4CCCC4=O)c3)cc2)cc1. The number of hydrogen-bond acceptors (Lipinski definition) is 5. The van der Waals surface area contributed by atoms with Crippen LogP contribution in [0.3, 0.4) is 0 Å². The van der Waals surface area contributed by atoms with E-state index in [1.54, 1.807) is 71.6 Å². The summed E-state index contributed by atoms with van der Waals surface area (Å²) >= 11 is 0. The number of anilines is 3. The molecule has 0 radical (unpaired) electrons. The summed E-state index contributed by atoms with van der Waals surface area (Å²) in [6, 6.07) is 20.3. The quantitative estimate of drug-likeness (QED) is 0.512. The van der Waals surface area contributed by atoms with E-state index < -0.39 is 10.0 Å². The van der Waals surface area contributed by atoms with Crippen LogP contribution in [0, 0.1) is 6.92 Å². The van der Waals surface area contributed by atoms with Crippen molar-refractivity contribution in [3.63, 3.8) is 0 Å². The molecule has 0 aliphatic carbocycles. The van der Waals surface area contributed by atoms with E-state index in [4.69, 9.17) is 4.74 Å². The molecule has 1 heterocycles. The molecule has 9 heteroatoms. The van der Waals surface area contributed by atoms with Crippen LogP contribution in [0.25, 0.3) is 0 Å². The highest BCUT2D eigenvalue weighted by molar-refractivity contribution is 7.92. The minimum absolute atomic E-state index is 0.0811. The molecule has 0 saturated carbocycles.